The first-order valence-electron chi connectivity index (χ1n) is 6.18. The summed E-state index contributed by atoms with van der Waals surface area (Å²) in [5.74, 6) is 0.0621. The van der Waals surface area contributed by atoms with Gasteiger partial charge in [0.25, 0.3) is 0 Å². The van der Waals surface area contributed by atoms with Crippen LogP contribution in [0.3, 0.4) is 0 Å². The third-order valence-corrected chi connectivity index (χ3v) is 3.25. The maximum atomic E-state index is 12.2. The standard InChI is InChI=1S/C15H13N3O3.3ClH/c16-8-3-1-7(2-4-8)11-6-10(19)13-12(21-11)5-9(17)15(20)14(13)18;;;/h1-6,20H,16-18H2;3*1H. The molecule has 0 aliphatic heterocycles. The topological polar surface area (TPSA) is 128 Å². The van der Waals surface area contributed by atoms with Gasteiger partial charge >= 0.3 is 0 Å². The molecule has 0 bridgehead atoms. The molecule has 9 heteroatoms. The van der Waals surface area contributed by atoms with Gasteiger partial charge in [-0.15, -0.1) is 37.2 Å². The van der Waals surface area contributed by atoms with Crippen molar-refractivity contribution in [2.75, 3.05) is 17.2 Å². The van der Waals surface area contributed by atoms with E-state index in [0.29, 0.717) is 17.0 Å². The van der Waals surface area contributed by atoms with Crippen molar-refractivity contribution >= 4 is 65.3 Å². The van der Waals surface area contributed by atoms with Gasteiger partial charge < -0.3 is 26.7 Å². The van der Waals surface area contributed by atoms with Gasteiger partial charge in [-0.1, -0.05) is 0 Å². The van der Waals surface area contributed by atoms with E-state index in [1.165, 1.54) is 12.1 Å². The molecule has 3 aromatic rings. The van der Waals surface area contributed by atoms with Gasteiger partial charge in [-0.3, -0.25) is 4.79 Å². The van der Waals surface area contributed by atoms with Crippen LogP contribution < -0.4 is 22.6 Å². The van der Waals surface area contributed by atoms with Gasteiger partial charge in [-0.25, -0.2) is 0 Å². The van der Waals surface area contributed by atoms with Gasteiger partial charge in [0.05, 0.1) is 16.8 Å². The molecule has 0 unspecified atom stereocenters. The lowest BCUT2D eigenvalue weighted by atomic mass is 10.1. The highest BCUT2D eigenvalue weighted by Gasteiger charge is 2.14. The van der Waals surface area contributed by atoms with Crippen LogP contribution in [0.1, 0.15) is 0 Å². The van der Waals surface area contributed by atoms with Crippen LogP contribution in [0.15, 0.2) is 45.6 Å². The van der Waals surface area contributed by atoms with Crippen molar-refractivity contribution in [3.8, 4) is 17.1 Å². The number of hydrogen-bond acceptors (Lipinski definition) is 6. The molecular formula is C15H16Cl3N3O3. The van der Waals surface area contributed by atoms with Gasteiger partial charge in [0.15, 0.2) is 11.2 Å². The van der Waals surface area contributed by atoms with E-state index in [1.807, 2.05) is 0 Å². The number of benzene rings is 2. The molecule has 0 saturated heterocycles. The fourth-order valence-corrected chi connectivity index (χ4v) is 2.15. The minimum atomic E-state index is -0.351. The summed E-state index contributed by atoms with van der Waals surface area (Å²) < 4.78 is 5.67. The summed E-state index contributed by atoms with van der Waals surface area (Å²) >= 11 is 0. The van der Waals surface area contributed by atoms with Gasteiger partial charge in [-0.2, -0.15) is 0 Å². The Bertz CT molecular complexity index is 912. The Morgan fingerprint density at radius 2 is 1.50 bits per heavy atom. The number of anilines is 3. The van der Waals surface area contributed by atoms with E-state index in [1.54, 1.807) is 24.3 Å². The van der Waals surface area contributed by atoms with Crippen molar-refractivity contribution in [2.45, 2.75) is 0 Å². The molecule has 0 atom stereocenters. The zero-order chi connectivity index (χ0) is 15.1. The number of hydrogen-bond donors (Lipinski definition) is 4. The average molecular weight is 393 g/mol. The second kappa shape index (κ2) is 8.01. The fourth-order valence-electron chi connectivity index (χ4n) is 2.15. The number of phenols is 1. The number of rotatable bonds is 1. The Morgan fingerprint density at radius 1 is 0.917 bits per heavy atom. The number of halogens is 3. The fraction of sp³-hybridized carbons (Fsp3) is 0. The van der Waals surface area contributed by atoms with E-state index < -0.39 is 0 Å². The summed E-state index contributed by atoms with van der Waals surface area (Å²) in [7, 11) is 0. The summed E-state index contributed by atoms with van der Waals surface area (Å²) in [6, 6.07) is 9.60. The molecule has 0 saturated carbocycles. The number of aromatic hydroxyl groups is 1. The second-order valence-corrected chi connectivity index (χ2v) is 4.70. The first kappa shape index (κ1) is 21.7. The molecule has 6 nitrogen and oxygen atoms in total. The molecule has 0 amide bonds. The molecule has 2 aromatic carbocycles. The van der Waals surface area contributed by atoms with Crippen LogP contribution in [0.2, 0.25) is 0 Å². The SMILES string of the molecule is Cl.Cl.Cl.Nc1ccc(-c2cc(=O)c3c(N)c(O)c(N)cc3o2)cc1. The molecule has 0 radical (unpaired) electrons. The van der Waals surface area contributed by atoms with Gasteiger partial charge in [0.2, 0.25) is 0 Å². The predicted octanol–water partition coefficient (Wildman–Crippen LogP) is 3.18. The Kier molecular flexibility index (Phi) is 7.25. The zero-order valence-electron chi connectivity index (χ0n) is 12.2. The molecule has 0 spiro atoms. The molecule has 3 rings (SSSR count). The molecular weight excluding hydrogens is 377 g/mol. The quantitative estimate of drug-likeness (QED) is 0.372. The Hall–Kier alpha value is -2.28. The lowest BCUT2D eigenvalue weighted by Crippen LogP contribution is -2.05. The Labute approximate surface area is 155 Å². The molecule has 7 N–H and O–H groups in total. The van der Waals surface area contributed by atoms with Crippen LogP contribution in [0.5, 0.6) is 5.75 Å². The summed E-state index contributed by atoms with van der Waals surface area (Å²) in [6.07, 6.45) is 0. The van der Waals surface area contributed by atoms with E-state index in [0.717, 1.165) is 0 Å². The molecule has 0 aliphatic carbocycles. The largest absolute Gasteiger partial charge is 0.504 e. The minimum absolute atomic E-state index is 0. The number of phenolic OH excluding ortho intramolecular Hbond substituents is 1. The van der Waals surface area contributed by atoms with Crippen LogP contribution in [0.25, 0.3) is 22.3 Å². The van der Waals surface area contributed by atoms with Crippen LogP contribution in [0, 0.1) is 0 Å². The monoisotopic (exact) mass is 391 g/mol. The van der Waals surface area contributed by atoms with Crippen LogP contribution in [-0.2, 0) is 0 Å². The van der Waals surface area contributed by atoms with E-state index >= 15 is 0 Å². The predicted molar refractivity (Wildman–Crippen MR) is 105 cm³/mol. The third kappa shape index (κ3) is 3.62. The van der Waals surface area contributed by atoms with Crippen LogP contribution >= 0.6 is 37.2 Å². The van der Waals surface area contributed by atoms with Crippen molar-refractivity contribution in [1.29, 1.82) is 0 Å². The summed E-state index contributed by atoms with van der Waals surface area (Å²) in [6.45, 7) is 0. The zero-order valence-corrected chi connectivity index (χ0v) is 14.6. The second-order valence-electron chi connectivity index (χ2n) is 4.70. The normalized spacial score (nSPS) is 9.50. The van der Waals surface area contributed by atoms with E-state index in [-0.39, 0.29) is 70.7 Å². The maximum Gasteiger partial charge on any atom is 0.195 e. The highest BCUT2D eigenvalue weighted by molar-refractivity contribution is 5.97. The molecule has 1 heterocycles. The number of fused-ring (bicyclic) bond motifs is 1. The van der Waals surface area contributed by atoms with Crippen molar-refractivity contribution < 1.29 is 9.52 Å². The highest BCUT2D eigenvalue weighted by atomic mass is 35.5. The summed E-state index contributed by atoms with van der Waals surface area (Å²) in [5, 5.41) is 9.81. The molecule has 0 fully saturated rings. The summed E-state index contributed by atoms with van der Waals surface area (Å²) in [5.41, 5.74) is 18.1. The number of nitrogens with two attached hydrogens (primary N) is 3. The maximum absolute atomic E-state index is 12.2. The number of nitrogen functional groups attached to an aromatic ring is 3. The van der Waals surface area contributed by atoms with Crippen LogP contribution in [0.4, 0.5) is 17.1 Å². The molecule has 1 aromatic heterocycles. The third-order valence-electron chi connectivity index (χ3n) is 3.25. The van der Waals surface area contributed by atoms with Gasteiger partial charge in [-0.05, 0) is 24.3 Å². The van der Waals surface area contributed by atoms with Crippen molar-refractivity contribution in [1.82, 2.24) is 0 Å². The lowest BCUT2D eigenvalue weighted by molar-refractivity contribution is 0.480. The first-order valence-corrected chi connectivity index (χ1v) is 6.18. The smallest absolute Gasteiger partial charge is 0.195 e. The molecule has 130 valence electrons. The minimum Gasteiger partial charge on any atom is -0.504 e. The van der Waals surface area contributed by atoms with Crippen molar-refractivity contribution in [3.05, 3.63) is 46.6 Å². The first-order chi connectivity index (χ1) is 9.97. The van der Waals surface area contributed by atoms with Gasteiger partial charge in [0, 0.05) is 23.4 Å². The Balaban J connectivity index is 0.00000176. The van der Waals surface area contributed by atoms with Gasteiger partial charge in [0.1, 0.15) is 11.3 Å². The average Bonchev–Trinajstić information content (AvgIpc) is 2.45. The van der Waals surface area contributed by atoms with Crippen LogP contribution in [-0.4, -0.2) is 5.11 Å². The summed E-state index contributed by atoms with van der Waals surface area (Å²) in [4.78, 5) is 12.2. The van der Waals surface area contributed by atoms with Crippen molar-refractivity contribution in [2.24, 2.45) is 0 Å². The van der Waals surface area contributed by atoms with Crippen molar-refractivity contribution in [3.63, 3.8) is 0 Å². The molecule has 0 aliphatic rings. The molecule has 24 heavy (non-hydrogen) atoms. The Morgan fingerprint density at radius 3 is 2.08 bits per heavy atom. The van der Waals surface area contributed by atoms with E-state index in [2.05, 4.69) is 0 Å². The van der Waals surface area contributed by atoms with E-state index in [4.69, 9.17) is 21.6 Å². The highest BCUT2D eigenvalue weighted by Crippen LogP contribution is 2.35. The lowest BCUT2D eigenvalue weighted by Gasteiger charge is -2.08. The van der Waals surface area contributed by atoms with E-state index in [9.17, 15) is 9.90 Å².